The van der Waals surface area contributed by atoms with Gasteiger partial charge < -0.3 is 11.1 Å². The highest BCUT2D eigenvalue weighted by Crippen LogP contribution is 2.22. The number of para-hydroxylation sites is 1. The molecule has 4 nitrogen and oxygen atoms in total. The highest BCUT2D eigenvalue weighted by Gasteiger charge is 2.13. The van der Waals surface area contributed by atoms with Gasteiger partial charge in [-0.1, -0.05) is 12.1 Å². The molecule has 90 valence electrons. The third-order valence-corrected chi connectivity index (χ3v) is 2.33. The van der Waals surface area contributed by atoms with Gasteiger partial charge in [0.05, 0.1) is 12.1 Å². The zero-order valence-corrected chi connectivity index (χ0v) is 10.5. The molecule has 0 amide bonds. The first kappa shape index (κ1) is 11.8. The van der Waals surface area contributed by atoms with Gasteiger partial charge in [0.25, 0.3) is 0 Å². The largest absolute Gasteiger partial charge is 0.365 e. The van der Waals surface area contributed by atoms with E-state index in [1.54, 1.807) is 0 Å². The van der Waals surface area contributed by atoms with E-state index in [1.165, 1.54) is 0 Å². The Balaban J connectivity index is 2.58. The number of aromatic nitrogens is 2. The van der Waals surface area contributed by atoms with Crippen LogP contribution >= 0.6 is 0 Å². The molecule has 4 heteroatoms. The molecule has 0 atom stereocenters. The van der Waals surface area contributed by atoms with Crippen LogP contribution in [0.2, 0.25) is 0 Å². The van der Waals surface area contributed by atoms with Crippen LogP contribution in [-0.4, -0.2) is 15.5 Å². The summed E-state index contributed by atoms with van der Waals surface area (Å²) in [5.41, 5.74) is 6.51. The van der Waals surface area contributed by atoms with Gasteiger partial charge in [-0.05, 0) is 32.9 Å². The van der Waals surface area contributed by atoms with E-state index in [1.807, 2.05) is 24.3 Å². The van der Waals surface area contributed by atoms with Gasteiger partial charge in [-0.15, -0.1) is 0 Å². The van der Waals surface area contributed by atoms with E-state index in [0.29, 0.717) is 12.4 Å². The first-order valence-corrected chi connectivity index (χ1v) is 5.73. The lowest BCUT2D eigenvalue weighted by Crippen LogP contribution is -2.27. The fraction of sp³-hybridized carbons (Fsp3) is 0.385. The van der Waals surface area contributed by atoms with Crippen molar-refractivity contribution in [3.05, 3.63) is 30.1 Å². The second-order valence-electron chi connectivity index (χ2n) is 5.08. The highest BCUT2D eigenvalue weighted by atomic mass is 15.1. The molecule has 0 radical (unpaired) electrons. The lowest BCUT2D eigenvalue weighted by atomic mass is 10.1. The first-order valence-electron chi connectivity index (χ1n) is 5.73. The fourth-order valence-corrected chi connectivity index (χ4v) is 1.67. The van der Waals surface area contributed by atoms with Gasteiger partial charge in [-0.25, -0.2) is 9.97 Å². The van der Waals surface area contributed by atoms with E-state index >= 15 is 0 Å². The predicted molar refractivity (Wildman–Crippen MR) is 70.8 cm³/mol. The number of hydrogen-bond acceptors (Lipinski definition) is 4. The molecule has 0 saturated carbocycles. The van der Waals surface area contributed by atoms with Crippen molar-refractivity contribution in [2.24, 2.45) is 5.73 Å². The van der Waals surface area contributed by atoms with Crippen molar-refractivity contribution in [1.29, 1.82) is 0 Å². The number of nitrogens with zero attached hydrogens (tertiary/aromatic N) is 2. The molecule has 3 N–H and O–H groups in total. The van der Waals surface area contributed by atoms with Crippen molar-refractivity contribution in [1.82, 2.24) is 9.97 Å². The molecule has 0 spiro atoms. The summed E-state index contributed by atoms with van der Waals surface area (Å²) in [5, 5.41) is 4.42. The number of fused-ring (bicyclic) bond motifs is 1. The average molecular weight is 230 g/mol. The van der Waals surface area contributed by atoms with Crippen LogP contribution in [0.5, 0.6) is 0 Å². The van der Waals surface area contributed by atoms with Crippen LogP contribution in [-0.2, 0) is 6.54 Å². The predicted octanol–water partition coefficient (Wildman–Crippen LogP) is 2.30. The maximum atomic E-state index is 5.62. The minimum atomic E-state index is -0.0387. The van der Waals surface area contributed by atoms with Crippen molar-refractivity contribution >= 4 is 16.7 Å². The van der Waals surface area contributed by atoms with Crippen LogP contribution < -0.4 is 11.1 Å². The Labute approximate surface area is 101 Å². The maximum Gasteiger partial charge on any atom is 0.144 e. The van der Waals surface area contributed by atoms with E-state index in [0.717, 1.165) is 16.7 Å². The molecular weight excluding hydrogens is 212 g/mol. The first-order chi connectivity index (χ1) is 7.99. The summed E-state index contributed by atoms with van der Waals surface area (Å²) in [6.45, 7) is 6.66. The summed E-state index contributed by atoms with van der Waals surface area (Å²) in [5.74, 6) is 1.51. The van der Waals surface area contributed by atoms with E-state index in [9.17, 15) is 0 Å². The third-order valence-electron chi connectivity index (χ3n) is 2.33. The zero-order valence-electron chi connectivity index (χ0n) is 10.5. The zero-order chi connectivity index (χ0) is 12.5. The molecule has 1 heterocycles. The summed E-state index contributed by atoms with van der Waals surface area (Å²) in [6.07, 6.45) is 0. The minimum absolute atomic E-state index is 0.0387. The quantitative estimate of drug-likeness (QED) is 0.831. The standard InChI is InChI=1S/C13H18N4/c1-13(2,3)17-12-9-6-4-5-7-10(9)15-11(8-14)16-12/h4-7H,8,14H2,1-3H3,(H,15,16,17). The van der Waals surface area contributed by atoms with Gasteiger partial charge in [0, 0.05) is 10.9 Å². The second-order valence-corrected chi connectivity index (χ2v) is 5.08. The molecule has 2 rings (SSSR count). The highest BCUT2D eigenvalue weighted by molar-refractivity contribution is 5.89. The summed E-state index contributed by atoms with van der Waals surface area (Å²) >= 11 is 0. The van der Waals surface area contributed by atoms with Gasteiger partial charge in [0.15, 0.2) is 0 Å². The topological polar surface area (TPSA) is 63.8 Å². The van der Waals surface area contributed by atoms with Crippen LogP contribution in [0.25, 0.3) is 10.9 Å². The monoisotopic (exact) mass is 230 g/mol. The van der Waals surface area contributed by atoms with Crippen molar-refractivity contribution in [3.8, 4) is 0 Å². The smallest absolute Gasteiger partial charge is 0.144 e. The van der Waals surface area contributed by atoms with Crippen molar-refractivity contribution in [2.45, 2.75) is 32.9 Å². The van der Waals surface area contributed by atoms with Crippen LogP contribution in [0.4, 0.5) is 5.82 Å². The Kier molecular flexibility index (Phi) is 2.98. The molecule has 0 fully saturated rings. The number of nitrogens with one attached hydrogen (secondary N) is 1. The Morgan fingerprint density at radius 2 is 1.88 bits per heavy atom. The van der Waals surface area contributed by atoms with Crippen LogP contribution in [0.1, 0.15) is 26.6 Å². The molecule has 0 unspecified atom stereocenters. The third kappa shape index (κ3) is 2.71. The summed E-state index contributed by atoms with van der Waals surface area (Å²) in [7, 11) is 0. The second kappa shape index (κ2) is 4.30. The van der Waals surface area contributed by atoms with E-state index in [2.05, 4.69) is 36.1 Å². The Bertz CT molecular complexity index is 528. The summed E-state index contributed by atoms with van der Waals surface area (Å²) < 4.78 is 0. The molecular formula is C13H18N4. The van der Waals surface area contributed by atoms with Crippen molar-refractivity contribution < 1.29 is 0 Å². The van der Waals surface area contributed by atoms with Crippen LogP contribution in [0.3, 0.4) is 0 Å². The number of nitrogens with two attached hydrogens (primary N) is 1. The molecule has 17 heavy (non-hydrogen) atoms. The molecule has 0 aliphatic rings. The summed E-state index contributed by atoms with van der Waals surface area (Å²) in [4.78, 5) is 8.87. The number of anilines is 1. The van der Waals surface area contributed by atoms with Crippen LogP contribution in [0, 0.1) is 0 Å². The fourth-order valence-electron chi connectivity index (χ4n) is 1.67. The van der Waals surface area contributed by atoms with Gasteiger partial charge in [-0.2, -0.15) is 0 Å². The molecule has 0 aliphatic carbocycles. The number of hydrogen-bond donors (Lipinski definition) is 2. The van der Waals surface area contributed by atoms with Gasteiger partial charge in [0.1, 0.15) is 11.6 Å². The van der Waals surface area contributed by atoms with Gasteiger partial charge in [0.2, 0.25) is 0 Å². The number of benzene rings is 1. The van der Waals surface area contributed by atoms with Crippen LogP contribution in [0.15, 0.2) is 24.3 Å². The number of rotatable bonds is 2. The molecule has 0 bridgehead atoms. The van der Waals surface area contributed by atoms with E-state index in [-0.39, 0.29) is 5.54 Å². The van der Waals surface area contributed by atoms with E-state index in [4.69, 9.17) is 5.73 Å². The molecule has 0 saturated heterocycles. The minimum Gasteiger partial charge on any atom is -0.365 e. The normalized spacial score (nSPS) is 11.8. The molecule has 1 aromatic carbocycles. The Hall–Kier alpha value is -1.68. The molecule has 2 aromatic rings. The van der Waals surface area contributed by atoms with Gasteiger partial charge in [-0.3, -0.25) is 0 Å². The SMILES string of the molecule is CC(C)(C)Nc1nc(CN)nc2ccccc12. The molecule has 0 aliphatic heterocycles. The molecule has 1 aromatic heterocycles. The lowest BCUT2D eigenvalue weighted by molar-refractivity contribution is 0.630. The Morgan fingerprint density at radius 3 is 2.53 bits per heavy atom. The average Bonchev–Trinajstić information content (AvgIpc) is 2.26. The van der Waals surface area contributed by atoms with Crippen molar-refractivity contribution in [2.75, 3.05) is 5.32 Å². The van der Waals surface area contributed by atoms with E-state index < -0.39 is 0 Å². The summed E-state index contributed by atoms with van der Waals surface area (Å²) in [6, 6.07) is 7.95. The maximum absolute atomic E-state index is 5.62. The van der Waals surface area contributed by atoms with Crippen molar-refractivity contribution in [3.63, 3.8) is 0 Å². The Morgan fingerprint density at radius 1 is 1.18 bits per heavy atom. The van der Waals surface area contributed by atoms with Gasteiger partial charge >= 0.3 is 0 Å². The lowest BCUT2D eigenvalue weighted by Gasteiger charge is -2.22.